The predicted octanol–water partition coefficient (Wildman–Crippen LogP) is 2.99. The normalized spacial score (nSPS) is 11.7. The first kappa shape index (κ1) is 15.4. The number of methoxy groups -OCH3 is 1. The summed E-state index contributed by atoms with van der Waals surface area (Å²) in [6.07, 6.45) is 7.55. The second kappa shape index (κ2) is 8.44. The maximum absolute atomic E-state index is 5.49. The van der Waals surface area contributed by atoms with Gasteiger partial charge in [0.2, 0.25) is 0 Å². The van der Waals surface area contributed by atoms with Crippen LogP contribution in [0.1, 0.15) is 32.3 Å². The van der Waals surface area contributed by atoms with E-state index in [1.807, 2.05) is 25.1 Å². The summed E-state index contributed by atoms with van der Waals surface area (Å²) < 4.78 is 10.8. The van der Waals surface area contributed by atoms with Crippen molar-refractivity contribution in [3.05, 3.63) is 23.8 Å². The average Bonchev–Trinajstić information content (AvgIpc) is 2.44. The molecular weight excluding hydrogens is 238 g/mol. The first-order valence-corrected chi connectivity index (χ1v) is 6.74. The maximum Gasteiger partial charge on any atom is 0.161 e. The molecule has 1 aromatic rings. The SMILES string of the molecule is C#CC(CCC)NCc1ccc(OCC)c(OC)c1. The van der Waals surface area contributed by atoms with Gasteiger partial charge in [-0.2, -0.15) is 0 Å². The Morgan fingerprint density at radius 2 is 2.11 bits per heavy atom. The maximum atomic E-state index is 5.49. The molecule has 0 bridgehead atoms. The highest BCUT2D eigenvalue weighted by molar-refractivity contribution is 5.43. The summed E-state index contributed by atoms with van der Waals surface area (Å²) in [5.74, 6) is 4.30. The van der Waals surface area contributed by atoms with E-state index in [1.165, 1.54) is 0 Å². The Hall–Kier alpha value is -1.66. The molecule has 19 heavy (non-hydrogen) atoms. The highest BCUT2D eigenvalue weighted by Crippen LogP contribution is 2.27. The minimum atomic E-state index is 0.127. The number of hydrogen-bond acceptors (Lipinski definition) is 3. The third-order valence-electron chi connectivity index (χ3n) is 2.86. The van der Waals surface area contributed by atoms with Crippen LogP contribution >= 0.6 is 0 Å². The third kappa shape index (κ3) is 4.84. The van der Waals surface area contributed by atoms with Crippen molar-refractivity contribution in [2.24, 2.45) is 0 Å². The van der Waals surface area contributed by atoms with Crippen molar-refractivity contribution in [2.45, 2.75) is 39.3 Å². The zero-order chi connectivity index (χ0) is 14.1. The molecular formula is C16H23NO2. The van der Waals surface area contributed by atoms with Gasteiger partial charge in [0.15, 0.2) is 11.5 Å². The molecule has 1 rings (SSSR count). The van der Waals surface area contributed by atoms with Gasteiger partial charge in [0, 0.05) is 6.54 Å². The van der Waals surface area contributed by atoms with Crippen LogP contribution in [0.5, 0.6) is 11.5 Å². The van der Waals surface area contributed by atoms with Crippen molar-refractivity contribution in [2.75, 3.05) is 13.7 Å². The molecule has 3 heteroatoms. The summed E-state index contributed by atoms with van der Waals surface area (Å²) in [4.78, 5) is 0. The third-order valence-corrected chi connectivity index (χ3v) is 2.86. The van der Waals surface area contributed by atoms with Crippen LogP contribution < -0.4 is 14.8 Å². The van der Waals surface area contributed by atoms with E-state index in [2.05, 4.69) is 18.2 Å². The predicted molar refractivity (Wildman–Crippen MR) is 78.5 cm³/mol. The molecule has 3 nitrogen and oxygen atoms in total. The Balaban J connectivity index is 2.67. The molecule has 0 aliphatic carbocycles. The van der Waals surface area contributed by atoms with Crippen LogP contribution in [0.2, 0.25) is 0 Å². The average molecular weight is 261 g/mol. The van der Waals surface area contributed by atoms with Crippen LogP contribution in [0.25, 0.3) is 0 Å². The Bertz CT molecular complexity index is 423. The van der Waals surface area contributed by atoms with Crippen molar-refractivity contribution >= 4 is 0 Å². The van der Waals surface area contributed by atoms with E-state index in [9.17, 15) is 0 Å². The standard InChI is InChI=1S/C16H23NO2/c1-5-8-14(6-2)17-12-13-9-10-15(19-7-3)16(11-13)18-4/h2,9-11,14,17H,5,7-8,12H2,1,3-4H3. The van der Waals surface area contributed by atoms with Crippen LogP contribution in [0, 0.1) is 12.3 Å². The summed E-state index contributed by atoms with van der Waals surface area (Å²) in [5.41, 5.74) is 1.14. The van der Waals surface area contributed by atoms with Gasteiger partial charge in [-0.3, -0.25) is 5.32 Å². The van der Waals surface area contributed by atoms with Gasteiger partial charge in [-0.1, -0.05) is 25.3 Å². The van der Waals surface area contributed by atoms with Crippen LogP contribution in [-0.2, 0) is 6.54 Å². The number of hydrogen-bond donors (Lipinski definition) is 1. The van der Waals surface area contributed by atoms with Crippen LogP contribution in [0.4, 0.5) is 0 Å². The van der Waals surface area contributed by atoms with Gasteiger partial charge in [0.1, 0.15) is 0 Å². The topological polar surface area (TPSA) is 30.5 Å². The van der Waals surface area contributed by atoms with Crippen molar-refractivity contribution in [1.29, 1.82) is 0 Å². The summed E-state index contributed by atoms with van der Waals surface area (Å²) in [7, 11) is 1.65. The number of terminal acetylenes is 1. The van der Waals surface area contributed by atoms with Crippen molar-refractivity contribution < 1.29 is 9.47 Å². The number of benzene rings is 1. The number of nitrogens with one attached hydrogen (secondary N) is 1. The Morgan fingerprint density at radius 3 is 2.68 bits per heavy atom. The molecule has 0 heterocycles. The second-order valence-electron chi connectivity index (χ2n) is 4.31. The summed E-state index contributed by atoms with van der Waals surface area (Å²) in [6, 6.07) is 6.07. The quantitative estimate of drug-likeness (QED) is 0.730. The van der Waals surface area contributed by atoms with Crippen LogP contribution in [0.15, 0.2) is 18.2 Å². The van der Waals surface area contributed by atoms with Crippen molar-refractivity contribution in [3.63, 3.8) is 0 Å². The molecule has 1 N–H and O–H groups in total. The Kier molecular flexibility index (Phi) is 6.84. The molecule has 0 saturated carbocycles. The van der Waals surface area contributed by atoms with Crippen LogP contribution in [0.3, 0.4) is 0 Å². The molecule has 0 aliphatic rings. The van der Waals surface area contributed by atoms with E-state index >= 15 is 0 Å². The minimum Gasteiger partial charge on any atom is -0.493 e. The van der Waals surface area contributed by atoms with Crippen LogP contribution in [-0.4, -0.2) is 19.8 Å². The molecule has 0 aromatic heterocycles. The lowest BCUT2D eigenvalue weighted by Crippen LogP contribution is -2.26. The van der Waals surface area contributed by atoms with Crippen molar-refractivity contribution in [1.82, 2.24) is 5.32 Å². The molecule has 1 unspecified atom stereocenters. The second-order valence-corrected chi connectivity index (χ2v) is 4.31. The molecule has 0 spiro atoms. The highest BCUT2D eigenvalue weighted by atomic mass is 16.5. The molecule has 0 radical (unpaired) electrons. The van der Waals surface area contributed by atoms with E-state index in [0.717, 1.165) is 36.4 Å². The molecule has 104 valence electrons. The number of rotatable bonds is 8. The highest BCUT2D eigenvalue weighted by Gasteiger charge is 2.07. The van der Waals surface area contributed by atoms with Gasteiger partial charge in [0.25, 0.3) is 0 Å². The summed E-state index contributed by atoms with van der Waals surface area (Å²) in [5, 5.41) is 3.36. The smallest absolute Gasteiger partial charge is 0.161 e. The minimum absolute atomic E-state index is 0.127. The molecule has 1 atom stereocenters. The van der Waals surface area contributed by atoms with E-state index in [-0.39, 0.29) is 6.04 Å². The van der Waals surface area contributed by atoms with Gasteiger partial charge in [-0.05, 0) is 31.0 Å². The van der Waals surface area contributed by atoms with E-state index in [4.69, 9.17) is 15.9 Å². The zero-order valence-electron chi connectivity index (χ0n) is 12.0. The monoisotopic (exact) mass is 261 g/mol. The molecule has 1 aromatic carbocycles. The van der Waals surface area contributed by atoms with Crippen molar-refractivity contribution in [3.8, 4) is 23.8 Å². The first-order chi connectivity index (χ1) is 9.24. The van der Waals surface area contributed by atoms with Gasteiger partial charge in [-0.15, -0.1) is 6.42 Å². The molecule has 0 aliphatic heterocycles. The first-order valence-electron chi connectivity index (χ1n) is 6.74. The van der Waals surface area contributed by atoms with E-state index in [0.29, 0.717) is 6.61 Å². The summed E-state index contributed by atoms with van der Waals surface area (Å²) in [6.45, 7) is 5.45. The zero-order valence-corrected chi connectivity index (χ0v) is 12.0. The largest absolute Gasteiger partial charge is 0.493 e. The summed E-state index contributed by atoms with van der Waals surface area (Å²) >= 11 is 0. The number of ether oxygens (including phenoxy) is 2. The fraction of sp³-hybridized carbons (Fsp3) is 0.500. The van der Waals surface area contributed by atoms with Gasteiger partial charge in [-0.25, -0.2) is 0 Å². The lowest BCUT2D eigenvalue weighted by atomic mass is 10.1. The van der Waals surface area contributed by atoms with E-state index in [1.54, 1.807) is 7.11 Å². The molecule has 0 amide bonds. The Labute approximate surface area is 116 Å². The van der Waals surface area contributed by atoms with E-state index < -0.39 is 0 Å². The van der Waals surface area contributed by atoms with Gasteiger partial charge >= 0.3 is 0 Å². The Morgan fingerprint density at radius 1 is 1.32 bits per heavy atom. The lowest BCUT2D eigenvalue weighted by Gasteiger charge is -2.14. The molecule has 0 fully saturated rings. The fourth-order valence-corrected chi connectivity index (χ4v) is 1.87. The fourth-order valence-electron chi connectivity index (χ4n) is 1.87. The molecule has 0 saturated heterocycles. The van der Waals surface area contributed by atoms with Gasteiger partial charge < -0.3 is 9.47 Å². The van der Waals surface area contributed by atoms with Gasteiger partial charge in [0.05, 0.1) is 19.8 Å². The lowest BCUT2D eigenvalue weighted by molar-refractivity contribution is 0.310.